The maximum Gasteiger partial charge on any atom is 0.220 e. The van der Waals surface area contributed by atoms with Gasteiger partial charge in [-0.2, -0.15) is 0 Å². The molecule has 0 radical (unpaired) electrons. The second kappa shape index (κ2) is 7.91. The van der Waals surface area contributed by atoms with Gasteiger partial charge in [0.1, 0.15) is 13.2 Å². The maximum absolute atomic E-state index is 11.5. The third-order valence-electron chi connectivity index (χ3n) is 3.41. The molecule has 0 aliphatic carbocycles. The first-order valence-electron chi connectivity index (χ1n) is 7.80. The van der Waals surface area contributed by atoms with Gasteiger partial charge in [0.05, 0.1) is 0 Å². The zero-order valence-corrected chi connectivity index (χ0v) is 13.0. The van der Waals surface area contributed by atoms with Crippen molar-refractivity contribution in [2.45, 2.75) is 39.5 Å². The largest absolute Gasteiger partial charge is 0.486 e. The molecule has 4 heteroatoms. The zero-order chi connectivity index (χ0) is 15.1. The summed E-state index contributed by atoms with van der Waals surface area (Å²) in [7, 11) is 0. The minimum atomic E-state index is 0.157. The van der Waals surface area contributed by atoms with Gasteiger partial charge < -0.3 is 14.8 Å². The number of carbonyl (C=O) groups excluding carboxylic acids is 1. The Bertz CT molecular complexity index is 471. The lowest BCUT2D eigenvalue weighted by Gasteiger charge is -2.18. The summed E-state index contributed by atoms with van der Waals surface area (Å²) < 4.78 is 11.1. The number of ether oxygens (including phenoxy) is 2. The third kappa shape index (κ3) is 5.29. The molecule has 1 aliphatic heterocycles. The quantitative estimate of drug-likeness (QED) is 0.786. The highest BCUT2D eigenvalue weighted by Crippen LogP contribution is 2.31. The van der Waals surface area contributed by atoms with Gasteiger partial charge in [0.25, 0.3) is 0 Å². The standard InChI is InChI=1S/C17H25NO3/c1-13(2)11-17(19)18-8-4-3-5-14-6-7-15-16(12-14)21-10-9-20-15/h6-7,12-13H,3-5,8-11H2,1-2H3,(H,18,19). The number of rotatable bonds is 7. The molecule has 0 unspecified atom stereocenters. The van der Waals surface area contributed by atoms with E-state index in [-0.39, 0.29) is 5.91 Å². The second-order valence-corrected chi connectivity index (χ2v) is 5.88. The first-order valence-corrected chi connectivity index (χ1v) is 7.80. The van der Waals surface area contributed by atoms with Gasteiger partial charge >= 0.3 is 0 Å². The van der Waals surface area contributed by atoms with Crippen molar-refractivity contribution in [2.75, 3.05) is 19.8 Å². The molecule has 0 bridgehead atoms. The first kappa shape index (κ1) is 15.7. The van der Waals surface area contributed by atoms with Gasteiger partial charge in [0.2, 0.25) is 5.91 Å². The Morgan fingerprint density at radius 1 is 1.19 bits per heavy atom. The van der Waals surface area contributed by atoms with Crippen molar-refractivity contribution in [3.8, 4) is 11.5 Å². The number of aryl methyl sites for hydroxylation is 1. The van der Waals surface area contributed by atoms with Gasteiger partial charge in [0, 0.05) is 13.0 Å². The van der Waals surface area contributed by atoms with E-state index in [1.165, 1.54) is 5.56 Å². The number of amides is 1. The fourth-order valence-corrected chi connectivity index (χ4v) is 2.37. The van der Waals surface area contributed by atoms with Crippen molar-refractivity contribution < 1.29 is 14.3 Å². The van der Waals surface area contributed by atoms with Crippen LogP contribution in [0.15, 0.2) is 18.2 Å². The maximum atomic E-state index is 11.5. The van der Waals surface area contributed by atoms with Crippen LogP contribution in [0, 0.1) is 5.92 Å². The van der Waals surface area contributed by atoms with E-state index in [1.54, 1.807) is 0 Å². The van der Waals surface area contributed by atoms with Crippen LogP contribution in [-0.2, 0) is 11.2 Å². The highest BCUT2D eigenvalue weighted by molar-refractivity contribution is 5.75. The van der Waals surface area contributed by atoms with Crippen molar-refractivity contribution in [3.05, 3.63) is 23.8 Å². The lowest BCUT2D eigenvalue weighted by molar-refractivity contribution is -0.121. The van der Waals surface area contributed by atoms with E-state index in [1.807, 2.05) is 6.07 Å². The molecule has 4 nitrogen and oxygen atoms in total. The molecule has 0 saturated carbocycles. The molecule has 2 rings (SSSR count). The predicted molar refractivity (Wildman–Crippen MR) is 82.8 cm³/mol. The van der Waals surface area contributed by atoms with Crippen molar-refractivity contribution in [3.63, 3.8) is 0 Å². The smallest absolute Gasteiger partial charge is 0.220 e. The summed E-state index contributed by atoms with van der Waals surface area (Å²) in [6.07, 6.45) is 3.67. The van der Waals surface area contributed by atoms with Gasteiger partial charge in [-0.15, -0.1) is 0 Å². The first-order chi connectivity index (χ1) is 10.1. The van der Waals surface area contributed by atoms with E-state index in [4.69, 9.17) is 9.47 Å². The number of hydrogen-bond donors (Lipinski definition) is 1. The van der Waals surface area contributed by atoms with Crippen molar-refractivity contribution in [1.82, 2.24) is 5.32 Å². The summed E-state index contributed by atoms with van der Waals surface area (Å²) >= 11 is 0. The van der Waals surface area contributed by atoms with Crippen LogP contribution in [0.2, 0.25) is 0 Å². The minimum Gasteiger partial charge on any atom is -0.486 e. The minimum absolute atomic E-state index is 0.157. The van der Waals surface area contributed by atoms with Gasteiger partial charge in [-0.1, -0.05) is 19.9 Å². The number of unbranched alkanes of at least 4 members (excludes halogenated alkanes) is 1. The van der Waals surface area contributed by atoms with E-state index in [2.05, 4.69) is 31.3 Å². The summed E-state index contributed by atoms with van der Waals surface area (Å²) in [5.41, 5.74) is 1.26. The van der Waals surface area contributed by atoms with Crippen molar-refractivity contribution >= 4 is 5.91 Å². The Hall–Kier alpha value is -1.71. The average Bonchev–Trinajstić information content (AvgIpc) is 2.46. The summed E-state index contributed by atoms with van der Waals surface area (Å²) in [6.45, 7) is 6.12. The molecule has 1 aromatic rings. The highest BCUT2D eigenvalue weighted by Gasteiger charge is 2.11. The highest BCUT2D eigenvalue weighted by atomic mass is 16.6. The Morgan fingerprint density at radius 3 is 2.71 bits per heavy atom. The van der Waals surface area contributed by atoms with Gasteiger partial charge in [-0.3, -0.25) is 4.79 Å². The molecular weight excluding hydrogens is 266 g/mol. The molecule has 116 valence electrons. The van der Waals surface area contributed by atoms with Crippen LogP contribution in [0.5, 0.6) is 11.5 Å². The van der Waals surface area contributed by atoms with E-state index in [0.717, 1.165) is 37.3 Å². The Kier molecular flexibility index (Phi) is 5.90. The van der Waals surface area contributed by atoms with Crippen LogP contribution in [0.25, 0.3) is 0 Å². The molecule has 0 spiro atoms. The topological polar surface area (TPSA) is 47.6 Å². The monoisotopic (exact) mass is 291 g/mol. The fraction of sp³-hybridized carbons (Fsp3) is 0.588. The molecule has 0 atom stereocenters. The number of nitrogens with one attached hydrogen (secondary N) is 1. The molecule has 1 N–H and O–H groups in total. The van der Waals surface area contributed by atoms with Gasteiger partial charge in [-0.25, -0.2) is 0 Å². The molecule has 1 aliphatic rings. The van der Waals surface area contributed by atoms with Crippen LogP contribution in [0.1, 0.15) is 38.7 Å². The normalized spacial score (nSPS) is 13.3. The lowest BCUT2D eigenvalue weighted by Crippen LogP contribution is -2.25. The van der Waals surface area contributed by atoms with Crippen LogP contribution >= 0.6 is 0 Å². The Labute approximate surface area is 126 Å². The van der Waals surface area contributed by atoms with Crippen LogP contribution < -0.4 is 14.8 Å². The van der Waals surface area contributed by atoms with Crippen LogP contribution in [-0.4, -0.2) is 25.7 Å². The molecule has 1 heterocycles. The van der Waals surface area contributed by atoms with E-state index in [9.17, 15) is 4.79 Å². The van der Waals surface area contributed by atoms with Crippen LogP contribution in [0.4, 0.5) is 0 Å². The van der Waals surface area contributed by atoms with Crippen molar-refractivity contribution in [2.24, 2.45) is 5.92 Å². The van der Waals surface area contributed by atoms with Crippen LogP contribution in [0.3, 0.4) is 0 Å². The predicted octanol–water partition coefficient (Wildman–Crippen LogP) is 2.94. The lowest BCUT2D eigenvalue weighted by atomic mass is 10.1. The number of benzene rings is 1. The second-order valence-electron chi connectivity index (χ2n) is 5.88. The molecule has 0 fully saturated rings. The number of carbonyl (C=O) groups is 1. The molecule has 0 saturated heterocycles. The molecule has 0 aromatic heterocycles. The Morgan fingerprint density at radius 2 is 1.95 bits per heavy atom. The fourth-order valence-electron chi connectivity index (χ4n) is 2.37. The van der Waals surface area contributed by atoms with E-state index in [0.29, 0.717) is 25.6 Å². The molecular formula is C17H25NO3. The Balaban J connectivity index is 1.66. The molecule has 1 aromatic carbocycles. The molecule has 21 heavy (non-hydrogen) atoms. The van der Waals surface area contributed by atoms with E-state index >= 15 is 0 Å². The SMILES string of the molecule is CC(C)CC(=O)NCCCCc1ccc2c(c1)OCCO2. The van der Waals surface area contributed by atoms with Gasteiger partial charge in [0.15, 0.2) is 11.5 Å². The number of hydrogen-bond acceptors (Lipinski definition) is 3. The summed E-state index contributed by atoms with van der Waals surface area (Å²) in [5.74, 6) is 2.27. The third-order valence-corrected chi connectivity index (χ3v) is 3.41. The summed E-state index contributed by atoms with van der Waals surface area (Å²) in [4.78, 5) is 11.5. The zero-order valence-electron chi connectivity index (χ0n) is 13.0. The van der Waals surface area contributed by atoms with E-state index < -0.39 is 0 Å². The summed E-state index contributed by atoms with van der Waals surface area (Å²) in [6, 6.07) is 6.13. The number of fused-ring (bicyclic) bond motifs is 1. The van der Waals surface area contributed by atoms with Gasteiger partial charge in [-0.05, 0) is 42.9 Å². The molecule has 1 amide bonds. The van der Waals surface area contributed by atoms with Crippen molar-refractivity contribution in [1.29, 1.82) is 0 Å². The average molecular weight is 291 g/mol. The summed E-state index contributed by atoms with van der Waals surface area (Å²) in [5, 5.41) is 2.97.